The van der Waals surface area contributed by atoms with Gasteiger partial charge in [0.2, 0.25) is 0 Å². The molecule has 1 aromatic heterocycles. The molecule has 1 heterocycles. The molecule has 0 saturated heterocycles. The molecule has 2 heteroatoms. The number of nitrogens with zero attached hydrogens (tertiary/aromatic N) is 1. The van der Waals surface area contributed by atoms with E-state index < -0.39 is 0 Å². The summed E-state index contributed by atoms with van der Waals surface area (Å²) < 4.78 is 0. The molecular weight excluding hydrogens is 232 g/mol. The maximum atomic E-state index is 4.00. The molecule has 0 aliphatic carbocycles. The summed E-state index contributed by atoms with van der Waals surface area (Å²) in [6.45, 7) is 4.44. The molecule has 2 aromatic rings. The molecule has 2 rings (SSSR count). The minimum absolute atomic E-state index is 1.07. The molecule has 2 nitrogen and oxygen atoms in total. The highest BCUT2D eigenvalue weighted by atomic mass is 14.8. The van der Waals surface area contributed by atoms with Gasteiger partial charge in [-0.1, -0.05) is 38.1 Å². The van der Waals surface area contributed by atoms with Crippen LogP contribution in [-0.4, -0.2) is 9.97 Å². The Bertz CT molecular complexity index is 524. The summed E-state index contributed by atoms with van der Waals surface area (Å²) >= 11 is 0. The Kier molecular flexibility index (Phi) is 4.96. The van der Waals surface area contributed by atoms with Crippen LogP contribution < -0.4 is 0 Å². The quantitative estimate of drug-likeness (QED) is 0.823. The van der Waals surface area contributed by atoms with E-state index in [1.165, 1.54) is 16.7 Å². The van der Waals surface area contributed by atoms with Gasteiger partial charge in [-0.05, 0) is 48.4 Å². The zero-order valence-corrected chi connectivity index (χ0v) is 11.8. The lowest BCUT2D eigenvalue weighted by Gasteiger charge is -2.08. The lowest BCUT2D eigenvalue weighted by molar-refractivity contribution is 0.954. The number of hydrogen-bond acceptors (Lipinski definition) is 1. The Morgan fingerprint density at radius 1 is 1.16 bits per heavy atom. The number of benzene rings is 1. The molecule has 0 saturated carbocycles. The molecule has 0 atom stereocenters. The fourth-order valence-corrected chi connectivity index (χ4v) is 2.28. The summed E-state index contributed by atoms with van der Waals surface area (Å²) in [6.07, 6.45) is 12.3. The first-order chi connectivity index (χ1) is 9.33. The van der Waals surface area contributed by atoms with Gasteiger partial charge in [-0.15, -0.1) is 0 Å². The number of nitrogens with one attached hydrogen (secondary N) is 1. The van der Waals surface area contributed by atoms with Crippen molar-refractivity contribution in [1.29, 1.82) is 0 Å². The molecule has 19 heavy (non-hydrogen) atoms. The normalized spacial score (nSPS) is 11.3. The van der Waals surface area contributed by atoms with E-state index in [2.05, 4.69) is 54.2 Å². The fourth-order valence-electron chi connectivity index (χ4n) is 2.28. The van der Waals surface area contributed by atoms with Crippen molar-refractivity contribution >= 4 is 6.08 Å². The van der Waals surface area contributed by atoms with Crippen LogP contribution in [0, 0.1) is 0 Å². The van der Waals surface area contributed by atoms with Gasteiger partial charge in [0, 0.05) is 0 Å². The number of hydrogen-bond donors (Lipinski definition) is 1. The highest BCUT2D eigenvalue weighted by molar-refractivity contribution is 5.42. The van der Waals surface area contributed by atoms with Gasteiger partial charge < -0.3 is 4.98 Å². The maximum Gasteiger partial charge on any atom is 0.0924 e. The summed E-state index contributed by atoms with van der Waals surface area (Å²) in [5, 5.41) is 0. The number of allylic oxidation sites excluding steroid dienone is 1. The number of aromatic nitrogens is 2. The van der Waals surface area contributed by atoms with E-state index in [-0.39, 0.29) is 0 Å². The second kappa shape index (κ2) is 6.93. The maximum absolute atomic E-state index is 4.00. The summed E-state index contributed by atoms with van der Waals surface area (Å²) in [6, 6.07) is 6.91. The molecule has 0 aliphatic rings. The van der Waals surface area contributed by atoms with Gasteiger partial charge in [0.05, 0.1) is 18.2 Å². The van der Waals surface area contributed by atoms with E-state index in [9.17, 15) is 0 Å². The van der Waals surface area contributed by atoms with Crippen molar-refractivity contribution < 1.29 is 0 Å². The van der Waals surface area contributed by atoms with Crippen LogP contribution in [0.4, 0.5) is 0 Å². The first-order valence-corrected chi connectivity index (χ1v) is 7.09. The predicted octanol–water partition coefficient (Wildman–Crippen LogP) is 4.18. The highest BCUT2D eigenvalue weighted by Crippen LogP contribution is 2.16. The lowest BCUT2D eigenvalue weighted by Crippen LogP contribution is -1.94. The van der Waals surface area contributed by atoms with Crippen molar-refractivity contribution in [2.45, 2.75) is 39.5 Å². The molecular formula is C17H22N2. The van der Waals surface area contributed by atoms with Crippen molar-refractivity contribution in [3.8, 4) is 0 Å². The van der Waals surface area contributed by atoms with Crippen LogP contribution in [-0.2, 0) is 19.3 Å². The molecule has 0 amide bonds. The van der Waals surface area contributed by atoms with Crippen molar-refractivity contribution in [2.24, 2.45) is 0 Å². The van der Waals surface area contributed by atoms with E-state index in [0.717, 1.165) is 31.4 Å². The fraction of sp³-hybridized carbons (Fsp3) is 0.353. The van der Waals surface area contributed by atoms with Gasteiger partial charge in [-0.25, -0.2) is 4.98 Å². The Balaban J connectivity index is 1.95. The molecule has 0 unspecified atom stereocenters. The van der Waals surface area contributed by atoms with Crippen LogP contribution in [0.25, 0.3) is 6.08 Å². The molecule has 0 fully saturated rings. The summed E-state index contributed by atoms with van der Waals surface area (Å²) in [5.74, 6) is 0. The summed E-state index contributed by atoms with van der Waals surface area (Å²) in [7, 11) is 0. The SMILES string of the molecule is CCc1ccc(CC/C=C/c2cnc[nH]2)c(CC)c1. The Labute approximate surface area is 115 Å². The topological polar surface area (TPSA) is 28.7 Å². The van der Waals surface area contributed by atoms with Crippen LogP contribution >= 0.6 is 0 Å². The van der Waals surface area contributed by atoms with E-state index in [1.54, 1.807) is 6.33 Å². The number of imidazole rings is 1. The first kappa shape index (κ1) is 13.6. The van der Waals surface area contributed by atoms with Gasteiger partial charge in [0.1, 0.15) is 0 Å². The average Bonchev–Trinajstić information content (AvgIpc) is 2.96. The van der Waals surface area contributed by atoms with Crippen LogP contribution in [0.3, 0.4) is 0 Å². The lowest BCUT2D eigenvalue weighted by atomic mass is 9.97. The monoisotopic (exact) mass is 254 g/mol. The van der Waals surface area contributed by atoms with E-state index >= 15 is 0 Å². The summed E-state index contributed by atoms with van der Waals surface area (Å²) in [4.78, 5) is 7.07. The number of rotatable bonds is 6. The largest absolute Gasteiger partial charge is 0.345 e. The molecule has 0 spiro atoms. The van der Waals surface area contributed by atoms with Crippen molar-refractivity contribution in [1.82, 2.24) is 9.97 Å². The van der Waals surface area contributed by atoms with E-state index in [4.69, 9.17) is 0 Å². The Morgan fingerprint density at radius 2 is 2.05 bits per heavy atom. The minimum atomic E-state index is 1.07. The number of H-pyrrole nitrogens is 1. The van der Waals surface area contributed by atoms with Gasteiger partial charge in [0.25, 0.3) is 0 Å². The van der Waals surface area contributed by atoms with Crippen molar-refractivity contribution in [3.63, 3.8) is 0 Å². The van der Waals surface area contributed by atoms with E-state index in [1.807, 2.05) is 6.20 Å². The van der Waals surface area contributed by atoms with Gasteiger partial charge in [-0.2, -0.15) is 0 Å². The van der Waals surface area contributed by atoms with Crippen molar-refractivity contribution in [3.05, 3.63) is 59.2 Å². The molecule has 100 valence electrons. The van der Waals surface area contributed by atoms with Gasteiger partial charge in [-0.3, -0.25) is 0 Å². The Morgan fingerprint density at radius 3 is 2.74 bits per heavy atom. The third-order valence-corrected chi connectivity index (χ3v) is 3.46. The van der Waals surface area contributed by atoms with Crippen LogP contribution in [0.2, 0.25) is 0 Å². The zero-order valence-electron chi connectivity index (χ0n) is 11.8. The van der Waals surface area contributed by atoms with Crippen LogP contribution in [0.5, 0.6) is 0 Å². The molecule has 1 N–H and O–H groups in total. The highest BCUT2D eigenvalue weighted by Gasteiger charge is 2.01. The zero-order chi connectivity index (χ0) is 13.5. The second-order valence-electron chi connectivity index (χ2n) is 4.76. The predicted molar refractivity (Wildman–Crippen MR) is 81.1 cm³/mol. The molecule has 0 aliphatic heterocycles. The van der Waals surface area contributed by atoms with Gasteiger partial charge >= 0.3 is 0 Å². The second-order valence-corrected chi connectivity index (χ2v) is 4.76. The standard InChI is InChI=1S/C17H22N2/c1-3-14-9-10-16(15(4-2)11-14)7-5-6-8-17-12-18-13-19-17/h6,8-13H,3-5,7H2,1-2H3,(H,18,19)/b8-6+. The third-order valence-electron chi connectivity index (χ3n) is 3.46. The minimum Gasteiger partial charge on any atom is -0.345 e. The Hall–Kier alpha value is -1.83. The smallest absolute Gasteiger partial charge is 0.0924 e. The summed E-state index contributed by atoms with van der Waals surface area (Å²) in [5.41, 5.74) is 5.48. The van der Waals surface area contributed by atoms with Crippen molar-refractivity contribution in [2.75, 3.05) is 0 Å². The van der Waals surface area contributed by atoms with Crippen LogP contribution in [0.15, 0.2) is 36.8 Å². The number of aromatic amines is 1. The van der Waals surface area contributed by atoms with E-state index in [0.29, 0.717) is 0 Å². The van der Waals surface area contributed by atoms with Gasteiger partial charge in [0.15, 0.2) is 0 Å². The molecule has 0 radical (unpaired) electrons. The molecule has 0 bridgehead atoms. The average molecular weight is 254 g/mol. The first-order valence-electron chi connectivity index (χ1n) is 7.09. The number of aryl methyl sites for hydroxylation is 3. The third kappa shape index (κ3) is 3.82. The molecule has 1 aromatic carbocycles. The van der Waals surface area contributed by atoms with Crippen LogP contribution in [0.1, 0.15) is 42.7 Å².